The molecule has 1 rings (SSSR count). The highest BCUT2D eigenvalue weighted by Gasteiger charge is 2.24. The van der Waals surface area contributed by atoms with E-state index in [2.05, 4.69) is 25.7 Å². The van der Waals surface area contributed by atoms with Crippen LogP contribution in [-0.4, -0.2) is 22.5 Å². The first kappa shape index (κ1) is 15.4. The summed E-state index contributed by atoms with van der Waals surface area (Å²) in [6.45, 7) is 1.66. The Hall–Kier alpha value is -1.64. The van der Waals surface area contributed by atoms with Crippen LogP contribution < -0.4 is 0 Å². The van der Waals surface area contributed by atoms with Gasteiger partial charge in [0.15, 0.2) is 4.60 Å². The molecule has 104 valence electrons. The van der Waals surface area contributed by atoms with Gasteiger partial charge in [-0.2, -0.15) is 0 Å². The van der Waals surface area contributed by atoms with Crippen molar-refractivity contribution in [1.29, 1.82) is 0 Å². The van der Waals surface area contributed by atoms with Gasteiger partial charge in [0.25, 0.3) is 6.43 Å². The second-order valence-corrected chi connectivity index (χ2v) is 4.13. The van der Waals surface area contributed by atoms with E-state index in [4.69, 9.17) is 0 Å². The van der Waals surface area contributed by atoms with E-state index in [1.807, 2.05) is 0 Å². The molecule has 0 bridgehead atoms. The fraction of sp³-hybridized carbons (Fsp3) is 0.400. The standard InChI is InChI=1S/C10H9BrF2N2O4/c1-2-19-7(16)4-5-3-6(15(17)18)9(11)14-8(5)10(12)13/h3,10H,2,4H2,1H3. The van der Waals surface area contributed by atoms with Crippen molar-refractivity contribution in [2.24, 2.45) is 0 Å². The molecule has 0 N–H and O–H groups in total. The van der Waals surface area contributed by atoms with E-state index < -0.39 is 35.1 Å². The molecule has 19 heavy (non-hydrogen) atoms. The molecule has 0 saturated carbocycles. The fourth-order valence-corrected chi connectivity index (χ4v) is 1.81. The Morgan fingerprint density at radius 2 is 2.26 bits per heavy atom. The van der Waals surface area contributed by atoms with Crippen LogP contribution in [0.25, 0.3) is 0 Å². The van der Waals surface area contributed by atoms with Crippen LogP contribution in [0.1, 0.15) is 24.6 Å². The minimum absolute atomic E-state index is 0.0922. The highest BCUT2D eigenvalue weighted by Crippen LogP contribution is 2.30. The number of carbonyl (C=O) groups is 1. The number of halogens is 3. The third-order valence-corrected chi connectivity index (χ3v) is 2.70. The largest absolute Gasteiger partial charge is 0.466 e. The summed E-state index contributed by atoms with van der Waals surface area (Å²) in [4.78, 5) is 24.6. The molecule has 0 unspecified atom stereocenters. The molecule has 6 nitrogen and oxygen atoms in total. The Labute approximate surface area is 115 Å². The van der Waals surface area contributed by atoms with Crippen LogP contribution in [0.5, 0.6) is 0 Å². The second-order valence-electron chi connectivity index (χ2n) is 3.38. The average Bonchev–Trinajstić information content (AvgIpc) is 2.30. The zero-order valence-electron chi connectivity index (χ0n) is 9.73. The van der Waals surface area contributed by atoms with E-state index in [0.29, 0.717) is 0 Å². The SMILES string of the molecule is CCOC(=O)Cc1cc([N+](=O)[O-])c(Br)nc1C(F)F. The van der Waals surface area contributed by atoms with Gasteiger partial charge in [0, 0.05) is 6.07 Å². The lowest BCUT2D eigenvalue weighted by Gasteiger charge is -2.08. The number of nitro groups is 1. The highest BCUT2D eigenvalue weighted by molar-refractivity contribution is 9.10. The summed E-state index contributed by atoms with van der Waals surface area (Å²) in [6, 6.07) is 0.898. The molecule has 0 atom stereocenters. The molecular formula is C10H9BrF2N2O4. The van der Waals surface area contributed by atoms with Crippen molar-refractivity contribution < 1.29 is 23.2 Å². The summed E-state index contributed by atoms with van der Waals surface area (Å²) in [5.41, 5.74) is -1.38. The first-order valence-corrected chi connectivity index (χ1v) is 5.93. The molecule has 0 fully saturated rings. The van der Waals surface area contributed by atoms with Crippen LogP contribution in [0.2, 0.25) is 0 Å². The topological polar surface area (TPSA) is 82.3 Å². The van der Waals surface area contributed by atoms with Gasteiger partial charge in [-0.05, 0) is 28.4 Å². The first-order valence-electron chi connectivity index (χ1n) is 5.14. The molecule has 1 aromatic heterocycles. The Morgan fingerprint density at radius 3 is 2.74 bits per heavy atom. The molecule has 0 saturated heterocycles. The second kappa shape index (κ2) is 6.50. The monoisotopic (exact) mass is 338 g/mol. The van der Waals surface area contributed by atoms with Crippen molar-refractivity contribution in [2.75, 3.05) is 6.61 Å². The molecule has 0 radical (unpaired) electrons. The average molecular weight is 339 g/mol. The van der Waals surface area contributed by atoms with Crippen molar-refractivity contribution >= 4 is 27.6 Å². The summed E-state index contributed by atoms with van der Waals surface area (Å²) in [5, 5.41) is 10.7. The van der Waals surface area contributed by atoms with Gasteiger partial charge >= 0.3 is 11.7 Å². The van der Waals surface area contributed by atoms with Crippen molar-refractivity contribution in [1.82, 2.24) is 4.98 Å². The quantitative estimate of drug-likeness (QED) is 0.357. The third-order valence-electron chi connectivity index (χ3n) is 2.11. The molecule has 1 heterocycles. The minimum atomic E-state index is -2.94. The molecule has 0 aliphatic rings. The Kier molecular flexibility index (Phi) is 5.28. The van der Waals surface area contributed by atoms with Gasteiger partial charge in [0.2, 0.25) is 0 Å². The van der Waals surface area contributed by atoms with Gasteiger partial charge < -0.3 is 4.74 Å². The molecule has 0 amide bonds. The lowest BCUT2D eigenvalue weighted by atomic mass is 10.1. The molecule has 0 spiro atoms. The predicted molar refractivity (Wildman–Crippen MR) is 63.9 cm³/mol. The van der Waals surface area contributed by atoms with Gasteiger partial charge in [-0.1, -0.05) is 0 Å². The van der Waals surface area contributed by atoms with E-state index in [1.165, 1.54) is 0 Å². The van der Waals surface area contributed by atoms with Gasteiger partial charge in [0.1, 0.15) is 5.69 Å². The molecule has 0 aromatic carbocycles. The number of alkyl halides is 2. The van der Waals surface area contributed by atoms with E-state index in [9.17, 15) is 23.7 Å². The number of ether oxygens (including phenoxy) is 1. The number of rotatable bonds is 5. The van der Waals surface area contributed by atoms with Gasteiger partial charge in [-0.3, -0.25) is 14.9 Å². The summed E-state index contributed by atoms with van der Waals surface area (Å²) in [7, 11) is 0. The number of nitrogens with zero attached hydrogens (tertiary/aromatic N) is 2. The third kappa shape index (κ3) is 3.91. The summed E-state index contributed by atoms with van der Waals surface area (Å²) < 4.78 is 29.9. The van der Waals surface area contributed by atoms with Crippen LogP contribution >= 0.6 is 15.9 Å². The van der Waals surface area contributed by atoms with E-state index in [0.717, 1.165) is 6.07 Å². The Morgan fingerprint density at radius 1 is 1.63 bits per heavy atom. The number of aromatic nitrogens is 1. The molecule has 0 aliphatic carbocycles. The number of carbonyl (C=O) groups excluding carboxylic acids is 1. The van der Waals surface area contributed by atoms with Crippen molar-refractivity contribution in [3.05, 3.63) is 32.0 Å². The number of pyridine rings is 1. The van der Waals surface area contributed by atoms with Crippen molar-refractivity contribution in [2.45, 2.75) is 19.8 Å². The maximum Gasteiger partial charge on any atom is 0.310 e. The Balaban J connectivity index is 3.21. The van der Waals surface area contributed by atoms with Crippen molar-refractivity contribution in [3.63, 3.8) is 0 Å². The molecule has 1 aromatic rings. The van der Waals surface area contributed by atoms with E-state index >= 15 is 0 Å². The minimum Gasteiger partial charge on any atom is -0.466 e. The lowest BCUT2D eigenvalue weighted by Crippen LogP contribution is -2.11. The maximum absolute atomic E-state index is 12.8. The molecular weight excluding hydrogens is 330 g/mol. The van der Waals surface area contributed by atoms with Gasteiger partial charge in [0.05, 0.1) is 18.0 Å². The highest BCUT2D eigenvalue weighted by atomic mass is 79.9. The number of esters is 1. The normalized spacial score (nSPS) is 10.6. The van der Waals surface area contributed by atoms with E-state index in [-0.39, 0.29) is 16.8 Å². The number of hydrogen-bond acceptors (Lipinski definition) is 5. The van der Waals surface area contributed by atoms with Crippen LogP contribution in [0.3, 0.4) is 0 Å². The van der Waals surface area contributed by atoms with Gasteiger partial charge in [-0.25, -0.2) is 13.8 Å². The summed E-state index contributed by atoms with van der Waals surface area (Å²) >= 11 is 2.74. The van der Waals surface area contributed by atoms with Crippen LogP contribution in [0.15, 0.2) is 10.7 Å². The van der Waals surface area contributed by atoms with Crippen LogP contribution in [0, 0.1) is 10.1 Å². The zero-order chi connectivity index (χ0) is 14.6. The van der Waals surface area contributed by atoms with Gasteiger partial charge in [-0.15, -0.1) is 0 Å². The van der Waals surface area contributed by atoms with Crippen molar-refractivity contribution in [3.8, 4) is 0 Å². The number of hydrogen-bond donors (Lipinski definition) is 0. The smallest absolute Gasteiger partial charge is 0.310 e. The fourth-order valence-electron chi connectivity index (χ4n) is 1.36. The van der Waals surface area contributed by atoms with Crippen LogP contribution in [-0.2, 0) is 16.0 Å². The summed E-state index contributed by atoms with van der Waals surface area (Å²) in [5.74, 6) is -0.747. The molecule has 9 heteroatoms. The maximum atomic E-state index is 12.8. The Bertz CT molecular complexity index is 511. The zero-order valence-corrected chi connectivity index (χ0v) is 11.3. The molecule has 0 aliphatic heterocycles. The lowest BCUT2D eigenvalue weighted by molar-refractivity contribution is -0.386. The predicted octanol–water partition coefficient (Wildman–Crippen LogP) is 2.80. The van der Waals surface area contributed by atoms with Crippen LogP contribution in [0.4, 0.5) is 14.5 Å². The van der Waals surface area contributed by atoms with E-state index in [1.54, 1.807) is 6.92 Å². The summed E-state index contributed by atoms with van der Waals surface area (Å²) in [6.07, 6.45) is -3.43. The first-order chi connectivity index (χ1) is 8.86.